The summed E-state index contributed by atoms with van der Waals surface area (Å²) < 4.78 is 0. The number of hydrogen-bond donors (Lipinski definition) is 1. The summed E-state index contributed by atoms with van der Waals surface area (Å²) in [6, 6.07) is 6.44. The van der Waals surface area contributed by atoms with E-state index < -0.39 is 0 Å². The van der Waals surface area contributed by atoms with Crippen LogP contribution in [0.5, 0.6) is 0 Å². The van der Waals surface area contributed by atoms with Crippen LogP contribution in [-0.2, 0) is 11.8 Å². The van der Waals surface area contributed by atoms with Crippen molar-refractivity contribution in [2.45, 2.75) is 46.0 Å². The maximum Gasteiger partial charge on any atom is 0.0837 e. The minimum Gasteiger partial charge on any atom is -0.411 e. The van der Waals surface area contributed by atoms with Crippen LogP contribution in [0.15, 0.2) is 23.4 Å². The Morgan fingerprint density at radius 1 is 1.41 bits per heavy atom. The van der Waals surface area contributed by atoms with E-state index in [0.717, 1.165) is 12.0 Å². The molecule has 0 aliphatic heterocycles. The summed E-state index contributed by atoms with van der Waals surface area (Å²) in [6.45, 7) is 8.78. The fraction of sp³-hybridized carbons (Fsp3) is 0.533. The van der Waals surface area contributed by atoms with Crippen LogP contribution in [0.25, 0.3) is 0 Å². The largest absolute Gasteiger partial charge is 0.411 e. The van der Waals surface area contributed by atoms with Crippen LogP contribution in [0, 0.1) is 5.92 Å². The molecule has 0 fully saturated rings. The molecule has 92 valence electrons. The average Bonchev–Trinajstić information content (AvgIpc) is 2.33. The van der Waals surface area contributed by atoms with Crippen LogP contribution in [-0.4, -0.2) is 10.9 Å². The van der Waals surface area contributed by atoms with Gasteiger partial charge < -0.3 is 5.21 Å². The van der Waals surface area contributed by atoms with Gasteiger partial charge in [0.25, 0.3) is 0 Å². The van der Waals surface area contributed by atoms with Crippen molar-refractivity contribution in [2.24, 2.45) is 11.1 Å². The molecule has 0 saturated carbocycles. The van der Waals surface area contributed by atoms with Gasteiger partial charge >= 0.3 is 0 Å². The third-order valence-corrected chi connectivity index (χ3v) is 4.45. The molecule has 2 heteroatoms. The molecule has 0 spiro atoms. The Balaban J connectivity index is 2.54. The second kappa shape index (κ2) is 4.17. The maximum atomic E-state index is 8.86. The lowest BCUT2D eigenvalue weighted by Crippen LogP contribution is -2.32. The second-order valence-electron chi connectivity index (χ2n) is 5.72. The smallest absolute Gasteiger partial charge is 0.0837 e. The van der Waals surface area contributed by atoms with E-state index in [-0.39, 0.29) is 5.41 Å². The highest BCUT2D eigenvalue weighted by atomic mass is 16.4. The topological polar surface area (TPSA) is 32.6 Å². The van der Waals surface area contributed by atoms with Gasteiger partial charge in [-0.25, -0.2) is 0 Å². The van der Waals surface area contributed by atoms with E-state index in [1.54, 1.807) is 0 Å². The second-order valence-corrected chi connectivity index (χ2v) is 5.72. The van der Waals surface area contributed by atoms with Gasteiger partial charge in [0.05, 0.1) is 5.71 Å². The number of fused-ring (bicyclic) bond motifs is 1. The van der Waals surface area contributed by atoms with Crippen LogP contribution in [0.2, 0.25) is 0 Å². The van der Waals surface area contributed by atoms with Gasteiger partial charge in [0.15, 0.2) is 0 Å². The molecule has 1 aromatic rings. The number of oxime groups is 1. The van der Waals surface area contributed by atoms with E-state index in [2.05, 4.69) is 44.1 Å². The number of rotatable bonds is 1. The Bertz CT molecular complexity index is 460. The molecule has 2 rings (SSSR count). The van der Waals surface area contributed by atoms with Gasteiger partial charge in [0, 0.05) is 0 Å². The van der Waals surface area contributed by atoms with Gasteiger partial charge in [-0.1, -0.05) is 38.1 Å². The minimum absolute atomic E-state index is 0.208. The van der Waals surface area contributed by atoms with Gasteiger partial charge in [0.1, 0.15) is 0 Å². The van der Waals surface area contributed by atoms with E-state index in [1.165, 1.54) is 17.5 Å². The molecule has 1 atom stereocenters. The lowest BCUT2D eigenvalue weighted by Gasteiger charge is -2.39. The molecular formula is C15H21NO. The predicted octanol–water partition coefficient (Wildman–Crippen LogP) is 3.74. The van der Waals surface area contributed by atoms with Gasteiger partial charge in [-0.05, 0) is 53.9 Å². The SMILES string of the molecule is C/C(=N/O)c1ccc2c(c1)C(C)(C)C(C)CC2. The van der Waals surface area contributed by atoms with E-state index in [1.807, 2.05) is 6.92 Å². The quantitative estimate of drug-likeness (QED) is 0.445. The molecule has 0 saturated heterocycles. The fourth-order valence-electron chi connectivity index (χ4n) is 2.68. The summed E-state index contributed by atoms with van der Waals surface area (Å²) in [4.78, 5) is 0. The van der Waals surface area contributed by atoms with Crippen LogP contribution in [0.3, 0.4) is 0 Å². The first-order chi connectivity index (χ1) is 7.96. The summed E-state index contributed by atoms with van der Waals surface area (Å²) in [5, 5.41) is 12.2. The normalized spacial score (nSPS) is 23.3. The first kappa shape index (κ1) is 12.2. The molecule has 1 aliphatic carbocycles. The zero-order chi connectivity index (χ0) is 12.6. The Kier molecular flexibility index (Phi) is 2.98. The Morgan fingerprint density at radius 2 is 2.12 bits per heavy atom. The van der Waals surface area contributed by atoms with E-state index in [0.29, 0.717) is 11.6 Å². The number of aryl methyl sites for hydroxylation is 1. The fourth-order valence-corrected chi connectivity index (χ4v) is 2.68. The molecule has 0 bridgehead atoms. The standard InChI is InChI=1S/C15H21NO/c1-10-5-6-12-7-8-13(11(2)16-17)9-14(12)15(10,3)4/h7-10,17H,5-6H2,1-4H3/b16-11-. The molecule has 1 aliphatic rings. The lowest BCUT2D eigenvalue weighted by atomic mass is 9.66. The van der Waals surface area contributed by atoms with Crippen molar-refractivity contribution in [3.8, 4) is 0 Å². The monoisotopic (exact) mass is 231 g/mol. The molecule has 1 unspecified atom stereocenters. The van der Waals surface area contributed by atoms with Crippen LogP contribution < -0.4 is 0 Å². The van der Waals surface area contributed by atoms with Crippen molar-refractivity contribution in [1.82, 2.24) is 0 Å². The minimum atomic E-state index is 0.208. The molecule has 1 aromatic carbocycles. The predicted molar refractivity (Wildman–Crippen MR) is 71.0 cm³/mol. The maximum absolute atomic E-state index is 8.86. The van der Waals surface area contributed by atoms with E-state index >= 15 is 0 Å². The highest BCUT2D eigenvalue weighted by Crippen LogP contribution is 2.41. The lowest BCUT2D eigenvalue weighted by molar-refractivity contribution is 0.302. The van der Waals surface area contributed by atoms with Crippen molar-refractivity contribution in [1.29, 1.82) is 0 Å². The summed E-state index contributed by atoms with van der Waals surface area (Å²) in [5.74, 6) is 0.691. The molecule has 0 radical (unpaired) electrons. The van der Waals surface area contributed by atoms with Crippen molar-refractivity contribution >= 4 is 5.71 Å². The average molecular weight is 231 g/mol. The molecule has 0 aromatic heterocycles. The third kappa shape index (κ3) is 1.97. The Labute approximate surface area is 103 Å². The Hall–Kier alpha value is -1.31. The third-order valence-electron chi connectivity index (χ3n) is 4.45. The molecule has 1 N–H and O–H groups in total. The van der Waals surface area contributed by atoms with Gasteiger partial charge in [-0.2, -0.15) is 0 Å². The molecule has 0 heterocycles. The first-order valence-electron chi connectivity index (χ1n) is 6.29. The van der Waals surface area contributed by atoms with E-state index in [4.69, 9.17) is 5.21 Å². The van der Waals surface area contributed by atoms with Crippen LogP contribution >= 0.6 is 0 Å². The van der Waals surface area contributed by atoms with E-state index in [9.17, 15) is 0 Å². The molecular weight excluding hydrogens is 210 g/mol. The van der Waals surface area contributed by atoms with Crippen LogP contribution in [0.4, 0.5) is 0 Å². The van der Waals surface area contributed by atoms with Crippen molar-refractivity contribution in [3.05, 3.63) is 34.9 Å². The van der Waals surface area contributed by atoms with Gasteiger partial charge in [-0.15, -0.1) is 0 Å². The van der Waals surface area contributed by atoms with Crippen molar-refractivity contribution in [2.75, 3.05) is 0 Å². The summed E-state index contributed by atoms with van der Waals surface area (Å²) in [7, 11) is 0. The molecule has 17 heavy (non-hydrogen) atoms. The zero-order valence-electron chi connectivity index (χ0n) is 11.1. The molecule has 2 nitrogen and oxygen atoms in total. The highest BCUT2D eigenvalue weighted by Gasteiger charge is 2.33. The van der Waals surface area contributed by atoms with Crippen molar-refractivity contribution < 1.29 is 5.21 Å². The number of hydrogen-bond acceptors (Lipinski definition) is 2. The summed E-state index contributed by atoms with van der Waals surface area (Å²) in [6.07, 6.45) is 2.42. The van der Waals surface area contributed by atoms with Gasteiger partial charge in [0.2, 0.25) is 0 Å². The Morgan fingerprint density at radius 3 is 2.76 bits per heavy atom. The van der Waals surface area contributed by atoms with Crippen LogP contribution in [0.1, 0.15) is 50.8 Å². The summed E-state index contributed by atoms with van der Waals surface area (Å²) >= 11 is 0. The van der Waals surface area contributed by atoms with Crippen molar-refractivity contribution in [3.63, 3.8) is 0 Å². The highest BCUT2D eigenvalue weighted by molar-refractivity contribution is 5.98. The molecule has 0 amide bonds. The number of benzene rings is 1. The first-order valence-corrected chi connectivity index (χ1v) is 6.29. The van der Waals surface area contributed by atoms with Gasteiger partial charge in [-0.3, -0.25) is 0 Å². The zero-order valence-corrected chi connectivity index (χ0v) is 11.1. The number of nitrogens with zero attached hydrogens (tertiary/aromatic N) is 1. The summed E-state index contributed by atoms with van der Waals surface area (Å²) in [5.41, 5.74) is 4.77.